The fourth-order valence-corrected chi connectivity index (χ4v) is 2.73. The van der Waals surface area contributed by atoms with Crippen molar-refractivity contribution in [2.75, 3.05) is 0 Å². The Kier molecular flexibility index (Phi) is 5.71. The van der Waals surface area contributed by atoms with Gasteiger partial charge >= 0.3 is 5.82 Å². The van der Waals surface area contributed by atoms with Gasteiger partial charge in [-0.2, -0.15) is 9.78 Å². The van der Waals surface area contributed by atoms with Gasteiger partial charge in [-0.1, -0.05) is 6.92 Å². The summed E-state index contributed by atoms with van der Waals surface area (Å²) in [5, 5.41) is 21.7. The first-order chi connectivity index (χ1) is 11.3. The summed E-state index contributed by atoms with van der Waals surface area (Å²) in [4.78, 5) is 22.5. The third kappa shape index (κ3) is 3.99. The number of aryl methyl sites for hydroxylation is 2. The minimum Gasteiger partial charge on any atom is -0.358 e. The average molecular weight is 399 g/mol. The van der Waals surface area contributed by atoms with Crippen LogP contribution in [0.2, 0.25) is 0 Å². The van der Waals surface area contributed by atoms with Gasteiger partial charge in [0.15, 0.2) is 0 Å². The van der Waals surface area contributed by atoms with E-state index >= 15 is 0 Å². The highest BCUT2D eigenvalue weighted by molar-refractivity contribution is 9.10. The standard InChI is InChI=1S/C14H19BrN6O3/c1-4-19-12(11(15)6-17-19)7-16-14(22)9(2)8-20-10(3)5-13(18-20)21(23)24/h5-6,9H,4,7-8H2,1-3H3,(H,16,22). The lowest BCUT2D eigenvalue weighted by Crippen LogP contribution is -2.32. The van der Waals surface area contributed by atoms with Gasteiger partial charge in [-0.05, 0) is 34.7 Å². The number of carbonyl (C=O) groups is 1. The summed E-state index contributed by atoms with van der Waals surface area (Å²) in [6, 6.07) is 1.39. The van der Waals surface area contributed by atoms with E-state index in [0.29, 0.717) is 18.8 Å². The fourth-order valence-electron chi connectivity index (χ4n) is 2.29. The molecule has 2 aromatic rings. The zero-order chi connectivity index (χ0) is 17.9. The van der Waals surface area contributed by atoms with Crippen molar-refractivity contribution in [3.8, 4) is 0 Å². The van der Waals surface area contributed by atoms with Crippen LogP contribution >= 0.6 is 15.9 Å². The summed E-state index contributed by atoms with van der Waals surface area (Å²) >= 11 is 3.41. The van der Waals surface area contributed by atoms with Crippen LogP contribution in [0.15, 0.2) is 16.7 Å². The second-order valence-electron chi connectivity index (χ2n) is 5.46. The van der Waals surface area contributed by atoms with Gasteiger partial charge in [-0.3, -0.25) is 9.48 Å². The van der Waals surface area contributed by atoms with Crippen LogP contribution in [0.3, 0.4) is 0 Å². The van der Waals surface area contributed by atoms with Gasteiger partial charge in [-0.25, -0.2) is 0 Å². The van der Waals surface area contributed by atoms with Crippen molar-refractivity contribution in [1.29, 1.82) is 0 Å². The molecular formula is C14H19BrN6O3. The van der Waals surface area contributed by atoms with Crippen molar-refractivity contribution in [3.05, 3.63) is 38.2 Å². The van der Waals surface area contributed by atoms with Gasteiger partial charge in [0.1, 0.15) is 0 Å². The van der Waals surface area contributed by atoms with Gasteiger partial charge < -0.3 is 15.4 Å². The third-order valence-corrected chi connectivity index (χ3v) is 4.34. The maximum atomic E-state index is 12.3. The summed E-state index contributed by atoms with van der Waals surface area (Å²) < 4.78 is 4.13. The van der Waals surface area contributed by atoms with Gasteiger partial charge in [0, 0.05) is 6.54 Å². The molecule has 0 saturated heterocycles. The van der Waals surface area contributed by atoms with E-state index in [0.717, 1.165) is 10.2 Å². The summed E-state index contributed by atoms with van der Waals surface area (Å²) in [5.74, 6) is -0.737. The number of halogens is 1. The molecule has 1 N–H and O–H groups in total. The second-order valence-corrected chi connectivity index (χ2v) is 6.31. The summed E-state index contributed by atoms with van der Waals surface area (Å²) in [6.45, 7) is 6.80. The number of rotatable bonds is 7. The van der Waals surface area contributed by atoms with Crippen LogP contribution in [0.5, 0.6) is 0 Å². The second kappa shape index (κ2) is 7.56. The van der Waals surface area contributed by atoms with E-state index < -0.39 is 4.92 Å². The summed E-state index contributed by atoms with van der Waals surface area (Å²) in [5.41, 5.74) is 1.54. The zero-order valence-electron chi connectivity index (χ0n) is 13.7. The minimum absolute atomic E-state index is 0.150. The third-order valence-electron chi connectivity index (χ3n) is 3.68. The zero-order valence-corrected chi connectivity index (χ0v) is 15.3. The number of nitrogens with zero attached hydrogens (tertiary/aromatic N) is 5. The molecule has 0 aliphatic heterocycles. The molecule has 130 valence electrons. The van der Waals surface area contributed by atoms with Crippen LogP contribution in [0.25, 0.3) is 0 Å². The maximum Gasteiger partial charge on any atom is 0.390 e. The van der Waals surface area contributed by atoms with E-state index in [4.69, 9.17) is 0 Å². The van der Waals surface area contributed by atoms with Gasteiger partial charge in [0.05, 0.1) is 52.2 Å². The largest absolute Gasteiger partial charge is 0.390 e. The van der Waals surface area contributed by atoms with Crippen molar-refractivity contribution < 1.29 is 9.72 Å². The number of nitro groups is 1. The molecule has 0 saturated carbocycles. The Bertz CT molecular complexity index is 754. The van der Waals surface area contributed by atoms with Gasteiger partial charge in [0.2, 0.25) is 5.91 Å². The fraction of sp³-hybridized carbons (Fsp3) is 0.500. The highest BCUT2D eigenvalue weighted by atomic mass is 79.9. The Morgan fingerprint density at radius 2 is 2.21 bits per heavy atom. The molecule has 0 aromatic carbocycles. The first-order valence-corrected chi connectivity index (χ1v) is 8.29. The molecule has 0 radical (unpaired) electrons. The molecule has 0 fully saturated rings. The Morgan fingerprint density at radius 3 is 2.79 bits per heavy atom. The Labute approximate surface area is 147 Å². The van der Waals surface area contributed by atoms with E-state index in [1.54, 1.807) is 24.7 Å². The number of amides is 1. The molecule has 0 aliphatic carbocycles. The Balaban J connectivity index is 1.97. The SMILES string of the molecule is CCn1ncc(Br)c1CNC(=O)C(C)Cn1nc([N+](=O)[O-])cc1C. The highest BCUT2D eigenvalue weighted by Crippen LogP contribution is 2.16. The van der Waals surface area contributed by atoms with Crippen molar-refractivity contribution in [2.45, 2.75) is 40.4 Å². The smallest absolute Gasteiger partial charge is 0.358 e. The van der Waals surface area contributed by atoms with Crippen LogP contribution in [0.1, 0.15) is 25.2 Å². The van der Waals surface area contributed by atoms with E-state index in [1.165, 1.54) is 10.7 Å². The molecule has 2 aromatic heterocycles. The van der Waals surface area contributed by atoms with E-state index in [9.17, 15) is 14.9 Å². The molecule has 1 unspecified atom stereocenters. The predicted molar refractivity (Wildman–Crippen MR) is 90.2 cm³/mol. The first-order valence-electron chi connectivity index (χ1n) is 7.50. The molecule has 1 atom stereocenters. The Hall–Kier alpha value is -2.23. The molecule has 0 aliphatic rings. The van der Waals surface area contributed by atoms with Crippen LogP contribution in [-0.2, 0) is 24.4 Å². The first kappa shape index (κ1) is 18.1. The van der Waals surface area contributed by atoms with Crippen molar-refractivity contribution in [3.63, 3.8) is 0 Å². The van der Waals surface area contributed by atoms with Gasteiger partial charge in [-0.15, -0.1) is 0 Å². The number of nitrogens with one attached hydrogen (secondary N) is 1. The Morgan fingerprint density at radius 1 is 1.50 bits per heavy atom. The quantitative estimate of drug-likeness (QED) is 0.566. The maximum absolute atomic E-state index is 12.3. The van der Waals surface area contributed by atoms with E-state index in [-0.39, 0.29) is 24.2 Å². The van der Waals surface area contributed by atoms with Crippen molar-refractivity contribution in [2.24, 2.45) is 5.92 Å². The molecule has 2 rings (SSSR count). The molecule has 0 spiro atoms. The molecule has 2 heterocycles. The lowest BCUT2D eigenvalue weighted by atomic mass is 10.1. The lowest BCUT2D eigenvalue weighted by Gasteiger charge is -2.12. The van der Waals surface area contributed by atoms with Crippen molar-refractivity contribution in [1.82, 2.24) is 24.9 Å². The van der Waals surface area contributed by atoms with Crippen LogP contribution in [0, 0.1) is 23.0 Å². The van der Waals surface area contributed by atoms with Crippen LogP contribution in [0.4, 0.5) is 5.82 Å². The van der Waals surface area contributed by atoms with Crippen LogP contribution < -0.4 is 5.32 Å². The van der Waals surface area contributed by atoms with E-state index in [1.807, 2.05) is 6.92 Å². The molecule has 1 amide bonds. The van der Waals surface area contributed by atoms with Crippen LogP contribution in [-0.4, -0.2) is 30.4 Å². The summed E-state index contributed by atoms with van der Waals surface area (Å²) in [7, 11) is 0. The predicted octanol–water partition coefficient (Wildman–Crippen LogP) is 2.03. The molecule has 0 bridgehead atoms. The van der Waals surface area contributed by atoms with E-state index in [2.05, 4.69) is 31.4 Å². The van der Waals surface area contributed by atoms with Gasteiger partial charge in [0.25, 0.3) is 0 Å². The monoisotopic (exact) mass is 398 g/mol. The minimum atomic E-state index is -0.544. The average Bonchev–Trinajstić information content (AvgIpc) is 3.08. The molecule has 9 nitrogen and oxygen atoms in total. The number of hydrogen-bond donors (Lipinski definition) is 1. The van der Waals surface area contributed by atoms with Crippen molar-refractivity contribution >= 4 is 27.7 Å². The molecule has 10 heteroatoms. The highest BCUT2D eigenvalue weighted by Gasteiger charge is 2.21. The molecule has 24 heavy (non-hydrogen) atoms. The number of hydrogen-bond acceptors (Lipinski definition) is 5. The topological polar surface area (TPSA) is 108 Å². The number of aromatic nitrogens is 4. The molecular weight excluding hydrogens is 380 g/mol. The summed E-state index contributed by atoms with van der Waals surface area (Å²) in [6.07, 6.45) is 1.70. The normalized spacial score (nSPS) is 12.2. The lowest BCUT2D eigenvalue weighted by molar-refractivity contribution is -0.389. The number of carbonyl (C=O) groups excluding carboxylic acids is 1.